The molecule has 3 fully saturated rings. The molecule has 0 N–H and O–H groups in total. The molecule has 3 aliphatic rings. The molecule has 0 aliphatic carbocycles. The topological polar surface area (TPSA) is 71.1 Å². The quantitative estimate of drug-likeness (QED) is 0.366. The molecule has 5 unspecified atom stereocenters. The molecule has 3 saturated heterocycles. The van der Waals surface area contributed by atoms with Gasteiger partial charge in [0.2, 0.25) is 0 Å². The van der Waals surface area contributed by atoms with Crippen LogP contribution in [0.2, 0.25) is 0 Å². The van der Waals surface area contributed by atoms with Gasteiger partial charge in [-0.1, -0.05) is 60.7 Å². The van der Waals surface area contributed by atoms with Crippen LogP contribution >= 0.6 is 7.92 Å². The zero-order valence-corrected chi connectivity index (χ0v) is 21.0. The molecule has 0 aromatic heterocycles. The van der Waals surface area contributed by atoms with E-state index in [1.54, 1.807) is 0 Å². The van der Waals surface area contributed by atoms with Crippen molar-refractivity contribution in [3.8, 4) is 5.75 Å². The van der Waals surface area contributed by atoms with Gasteiger partial charge in [0.05, 0.1) is 12.0 Å². The average molecular weight is 503 g/mol. The van der Waals surface area contributed by atoms with E-state index in [9.17, 15) is 9.59 Å². The van der Waals surface area contributed by atoms with Gasteiger partial charge in [-0.25, -0.2) is 4.79 Å². The van der Waals surface area contributed by atoms with Crippen molar-refractivity contribution in [2.45, 2.75) is 44.7 Å². The molecule has 0 amide bonds. The molecule has 0 saturated carbocycles. The van der Waals surface area contributed by atoms with Crippen LogP contribution in [-0.2, 0) is 23.8 Å². The summed E-state index contributed by atoms with van der Waals surface area (Å²) in [5.41, 5.74) is 1.93. The van der Waals surface area contributed by atoms with Gasteiger partial charge < -0.3 is 18.9 Å². The van der Waals surface area contributed by atoms with Crippen LogP contribution in [0.4, 0.5) is 0 Å². The second kappa shape index (κ2) is 9.34. The molecule has 0 spiro atoms. The number of carbonyl (C=O) groups excluding carboxylic acids is 2. The number of rotatable bonds is 7. The van der Waals surface area contributed by atoms with Crippen molar-refractivity contribution in [3.05, 3.63) is 83.9 Å². The van der Waals surface area contributed by atoms with Crippen LogP contribution in [0.3, 0.4) is 0 Å². The van der Waals surface area contributed by atoms with E-state index in [-0.39, 0.29) is 30.7 Å². The molecule has 184 valence electrons. The molecule has 6 nitrogen and oxygen atoms in total. The maximum absolute atomic E-state index is 12.6. The van der Waals surface area contributed by atoms with Crippen molar-refractivity contribution >= 4 is 35.8 Å². The minimum atomic E-state index is -0.734. The molecule has 36 heavy (non-hydrogen) atoms. The van der Waals surface area contributed by atoms with Crippen LogP contribution < -0.4 is 20.7 Å². The molecular weight excluding hydrogens is 475 g/mol. The lowest BCUT2D eigenvalue weighted by molar-refractivity contribution is -0.162. The summed E-state index contributed by atoms with van der Waals surface area (Å²) >= 11 is 0. The fourth-order valence-electron chi connectivity index (χ4n) is 5.58. The third kappa shape index (κ3) is 4.08. The molecule has 2 bridgehead atoms. The summed E-state index contributed by atoms with van der Waals surface area (Å²) in [7, 11) is -0.734. The van der Waals surface area contributed by atoms with E-state index in [1.807, 2.05) is 26.0 Å². The highest BCUT2D eigenvalue weighted by atomic mass is 31.1. The second-order valence-electron chi connectivity index (χ2n) is 9.54. The highest BCUT2D eigenvalue weighted by Gasteiger charge is 2.65. The summed E-state index contributed by atoms with van der Waals surface area (Å²) in [6, 6.07) is 25.4. The Morgan fingerprint density at radius 1 is 0.917 bits per heavy atom. The van der Waals surface area contributed by atoms with Gasteiger partial charge in [0.1, 0.15) is 11.9 Å². The first-order valence-corrected chi connectivity index (χ1v) is 13.5. The first-order chi connectivity index (χ1) is 17.5. The molecule has 7 heteroatoms. The fourth-order valence-corrected chi connectivity index (χ4v) is 8.06. The van der Waals surface area contributed by atoms with E-state index in [2.05, 4.69) is 60.7 Å². The number of benzene rings is 3. The van der Waals surface area contributed by atoms with Crippen LogP contribution in [0.5, 0.6) is 5.75 Å². The molecule has 3 aromatic carbocycles. The zero-order valence-electron chi connectivity index (χ0n) is 20.1. The highest BCUT2D eigenvalue weighted by molar-refractivity contribution is 7.79. The van der Waals surface area contributed by atoms with E-state index in [1.165, 1.54) is 15.9 Å². The monoisotopic (exact) mass is 502 g/mol. The van der Waals surface area contributed by atoms with Crippen molar-refractivity contribution < 1.29 is 28.5 Å². The predicted molar refractivity (Wildman–Crippen MR) is 137 cm³/mol. The van der Waals surface area contributed by atoms with Crippen LogP contribution in [0, 0.1) is 19.8 Å². The van der Waals surface area contributed by atoms with E-state index in [0.717, 1.165) is 11.1 Å². The van der Waals surface area contributed by atoms with Crippen molar-refractivity contribution in [2.75, 3.05) is 6.61 Å². The van der Waals surface area contributed by atoms with Crippen molar-refractivity contribution in [3.63, 3.8) is 0 Å². The van der Waals surface area contributed by atoms with Gasteiger partial charge in [0.15, 0.2) is 18.8 Å². The zero-order chi connectivity index (χ0) is 24.8. The molecule has 3 aliphatic heterocycles. The van der Waals surface area contributed by atoms with Crippen molar-refractivity contribution in [2.24, 2.45) is 5.92 Å². The summed E-state index contributed by atoms with van der Waals surface area (Å²) in [4.78, 5) is 24.5. The molecule has 3 aromatic rings. The molecule has 3 heterocycles. The largest absolute Gasteiger partial charge is 0.481 e. The molecule has 5 atom stereocenters. The van der Waals surface area contributed by atoms with E-state index in [0.29, 0.717) is 12.2 Å². The Labute approximate surface area is 211 Å². The van der Waals surface area contributed by atoms with Crippen LogP contribution in [0.15, 0.2) is 72.8 Å². The van der Waals surface area contributed by atoms with Crippen LogP contribution in [0.25, 0.3) is 0 Å². The summed E-state index contributed by atoms with van der Waals surface area (Å²) in [6.07, 6.45) is -1.08. The minimum Gasteiger partial charge on any atom is -0.481 e. The Morgan fingerprint density at radius 2 is 1.53 bits per heavy atom. The van der Waals surface area contributed by atoms with E-state index in [4.69, 9.17) is 18.9 Å². The van der Waals surface area contributed by atoms with Gasteiger partial charge in [-0.3, -0.25) is 4.79 Å². The second-order valence-corrected chi connectivity index (χ2v) is 11.8. The number of fused-ring (bicyclic) bond motifs is 1. The number of hydrogen-bond acceptors (Lipinski definition) is 6. The Kier molecular flexibility index (Phi) is 6.02. The number of ether oxygens (including phenoxy) is 4. The Bertz CT molecular complexity index is 1230. The summed E-state index contributed by atoms with van der Waals surface area (Å²) in [6.45, 7) is 3.79. The van der Waals surface area contributed by atoms with Gasteiger partial charge in [-0.05, 0) is 67.4 Å². The first kappa shape index (κ1) is 23.2. The lowest BCUT2D eigenvalue weighted by Gasteiger charge is -2.23. The predicted octanol–water partition coefficient (Wildman–Crippen LogP) is 3.06. The number of hydrogen-bond donors (Lipinski definition) is 0. The Morgan fingerprint density at radius 3 is 2.14 bits per heavy atom. The molecular formula is C29H27O6P. The summed E-state index contributed by atoms with van der Waals surface area (Å²) in [5, 5.41) is 3.78. The fraction of sp³-hybridized carbons (Fsp3) is 0.310. The van der Waals surface area contributed by atoms with Crippen LogP contribution in [-0.4, -0.2) is 43.0 Å². The SMILES string of the molecule is Cc1cc(P(c2ccccc2)c2ccccc2)cc(C)c1OCC(=O)OC1C2CC3C(=O)OC1C3O2. The molecule has 6 rings (SSSR count). The van der Waals surface area contributed by atoms with Crippen molar-refractivity contribution in [1.82, 2.24) is 0 Å². The van der Waals surface area contributed by atoms with Gasteiger partial charge in [0.25, 0.3) is 0 Å². The number of esters is 2. The van der Waals surface area contributed by atoms with Gasteiger partial charge in [-0.2, -0.15) is 0 Å². The smallest absolute Gasteiger partial charge is 0.344 e. The lowest BCUT2D eigenvalue weighted by Crippen LogP contribution is -2.40. The lowest BCUT2D eigenvalue weighted by atomic mass is 9.88. The maximum Gasteiger partial charge on any atom is 0.344 e. The van der Waals surface area contributed by atoms with Crippen LogP contribution in [0.1, 0.15) is 17.5 Å². The third-order valence-corrected chi connectivity index (χ3v) is 9.52. The van der Waals surface area contributed by atoms with Gasteiger partial charge in [-0.15, -0.1) is 0 Å². The minimum absolute atomic E-state index is 0.215. The van der Waals surface area contributed by atoms with Gasteiger partial charge >= 0.3 is 11.9 Å². The van der Waals surface area contributed by atoms with E-state index < -0.39 is 26.1 Å². The average Bonchev–Trinajstić information content (AvgIpc) is 3.51. The Hall–Kier alpha value is -3.21. The third-order valence-electron chi connectivity index (χ3n) is 7.12. The number of carbonyl (C=O) groups is 2. The highest BCUT2D eigenvalue weighted by Crippen LogP contribution is 2.47. The Balaban J connectivity index is 1.18. The first-order valence-electron chi connectivity index (χ1n) is 12.2. The standard InChI is InChI=1S/C29H27O6P/c1-17-13-21(36(19-9-5-3-6-10-19)20-11-7-4-8-12-20)14-18(2)25(17)32-16-24(30)34-27-23-15-22-26(33-23)28(27)35-29(22)31/h3-14,22-23,26-28H,15-16H2,1-2H3. The number of aryl methyl sites for hydroxylation is 2. The normalized spacial score (nSPS) is 25.8. The van der Waals surface area contributed by atoms with E-state index >= 15 is 0 Å². The maximum atomic E-state index is 12.6. The van der Waals surface area contributed by atoms with Crippen molar-refractivity contribution in [1.29, 1.82) is 0 Å². The van der Waals surface area contributed by atoms with Gasteiger partial charge in [0, 0.05) is 0 Å². The summed E-state index contributed by atoms with van der Waals surface area (Å²) in [5.74, 6) is -0.274. The molecule has 0 radical (unpaired) electrons. The summed E-state index contributed by atoms with van der Waals surface area (Å²) < 4.78 is 22.8.